The van der Waals surface area contributed by atoms with Crippen molar-refractivity contribution in [1.82, 2.24) is 0 Å². The topological polar surface area (TPSA) is 62.9 Å². The molecular formula is C13H19NO4. The lowest BCUT2D eigenvalue weighted by atomic mass is 10.1. The van der Waals surface area contributed by atoms with E-state index >= 15 is 0 Å². The summed E-state index contributed by atoms with van der Waals surface area (Å²) in [5.41, 5.74) is 6.36. The Morgan fingerprint density at radius 3 is 2.17 bits per heavy atom. The molecule has 1 aromatic rings. The van der Waals surface area contributed by atoms with Crippen LogP contribution in [-0.2, 0) is 4.74 Å². The minimum absolute atomic E-state index is 0.130. The fraction of sp³-hybridized carbons (Fsp3) is 0.538. The maximum atomic E-state index is 5.97. The minimum atomic E-state index is 0.130. The Bertz CT molecular complexity index is 377. The molecule has 5 nitrogen and oxygen atoms in total. The number of nitrogens with two attached hydrogens (primary N) is 1. The van der Waals surface area contributed by atoms with E-state index in [0.29, 0.717) is 22.9 Å². The van der Waals surface area contributed by atoms with Crippen LogP contribution in [0.5, 0.6) is 17.2 Å². The summed E-state index contributed by atoms with van der Waals surface area (Å²) < 4.78 is 21.9. The van der Waals surface area contributed by atoms with Crippen molar-refractivity contribution in [3.8, 4) is 17.2 Å². The lowest BCUT2D eigenvalue weighted by Gasteiger charge is -2.25. The van der Waals surface area contributed by atoms with E-state index in [-0.39, 0.29) is 6.10 Å². The fourth-order valence-electron chi connectivity index (χ4n) is 1.98. The standard InChI is InChI=1S/C13H19NO4/c1-15-11-7-9(14)8-12(16-2)13(11)18-10-3-5-17-6-4-10/h7-8,10H,3-6,14H2,1-2H3. The molecule has 0 saturated carbocycles. The quantitative estimate of drug-likeness (QED) is 0.830. The highest BCUT2D eigenvalue weighted by Crippen LogP contribution is 2.40. The molecule has 1 fully saturated rings. The third-order valence-electron chi connectivity index (χ3n) is 2.94. The Hall–Kier alpha value is -1.62. The molecular weight excluding hydrogens is 234 g/mol. The van der Waals surface area contributed by atoms with Crippen LogP contribution >= 0.6 is 0 Å². The van der Waals surface area contributed by atoms with Gasteiger partial charge in [0.15, 0.2) is 11.5 Å². The molecule has 1 aliphatic heterocycles. The van der Waals surface area contributed by atoms with Gasteiger partial charge in [-0.2, -0.15) is 0 Å². The first-order valence-electron chi connectivity index (χ1n) is 6.00. The van der Waals surface area contributed by atoms with Crippen LogP contribution in [-0.4, -0.2) is 33.5 Å². The van der Waals surface area contributed by atoms with Crippen LogP contribution in [0.3, 0.4) is 0 Å². The summed E-state index contributed by atoms with van der Waals surface area (Å²) in [4.78, 5) is 0. The molecule has 0 spiro atoms. The largest absolute Gasteiger partial charge is 0.493 e. The van der Waals surface area contributed by atoms with E-state index in [4.69, 9.17) is 24.7 Å². The summed E-state index contributed by atoms with van der Waals surface area (Å²) in [5, 5.41) is 0. The Balaban J connectivity index is 2.23. The van der Waals surface area contributed by atoms with Crippen LogP contribution in [0.15, 0.2) is 12.1 Å². The molecule has 1 aliphatic rings. The van der Waals surface area contributed by atoms with E-state index in [2.05, 4.69) is 0 Å². The van der Waals surface area contributed by atoms with Crippen molar-refractivity contribution >= 4 is 5.69 Å². The van der Waals surface area contributed by atoms with E-state index in [1.807, 2.05) is 0 Å². The first-order valence-corrected chi connectivity index (χ1v) is 6.00. The van der Waals surface area contributed by atoms with Crippen molar-refractivity contribution in [2.45, 2.75) is 18.9 Å². The number of ether oxygens (including phenoxy) is 4. The van der Waals surface area contributed by atoms with Gasteiger partial charge >= 0.3 is 0 Å². The van der Waals surface area contributed by atoms with Gasteiger partial charge in [0.05, 0.1) is 27.4 Å². The van der Waals surface area contributed by atoms with Gasteiger partial charge in [0.2, 0.25) is 5.75 Å². The number of rotatable bonds is 4. The predicted molar refractivity (Wildman–Crippen MR) is 68.4 cm³/mol. The van der Waals surface area contributed by atoms with Gasteiger partial charge in [0, 0.05) is 30.7 Å². The monoisotopic (exact) mass is 253 g/mol. The second kappa shape index (κ2) is 5.82. The minimum Gasteiger partial charge on any atom is -0.493 e. The molecule has 0 amide bonds. The highest BCUT2D eigenvalue weighted by atomic mass is 16.5. The zero-order chi connectivity index (χ0) is 13.0. The van der Waals surface area contributed by atoms with Crippen LogP contribution in [0.25, 0.3) is 0 Å². The Labute approximate surface area is 107 Å². The molecule has 1 heterocycles. The third-order valence-corrected chi connectivity index (χ3v) is 2.94. The lowest BCUT2D eigenvalue weighted by Crippen LogP contribution is -2.26. The smallest absolute Gasteiger partial charge is 0.203 e. The average Bonchev–Trinajstić information content (AvgIpc) is 2.41. The molecule has 1 saturated heterocycles. The highest BCUT2D eigenvalue weighted by Gasteiger charge is 2.20. The van der Waals surface area contributed by atoms with Crippen LogP contribution in [0, 0.1) is 0 Å². The summed E-state index contributed by atoms with van der Waals surface area (Å²) in [5.74, 6) is 1.80. The van der Waals surface area contributed by atoms with Gasteiger partial charge in [-0.3, -0.25) is 0 Å². The Kier molecular flexibility index (Phi) is 4.15. The number of hydrogen-bond donors (Lipinski definition) is 1. The molecule has 0 atom stereocenters. The summed E-state index contributed by atoms with van der Waals surface area (Å²) in [6, 6.07) is 3.47. The van der Waals surface area contributed by atoms with Crippen molar-refractivity contribution in [3.05, 3.63) is 12.1 Å². The zero-order valence-corrected chi connectivity index (χ0v) is 10.8. The van der Waals surface area contributed by atoms with E-state index in [0.717, 1.165) is 26.1 Å². The molecule has 2 rings (SSSR count). The Morgan fingerprint density at radius 2 is 1.67 bits per heavy atom. The van der Waals surface area contributed by atoms with Crippen LogP contribution in [0.4, 0.5) is 5.69 Å². The number of anilines is 1. The van der Waals surface area contributed by atoms with Gasteiger partial charge in [-0.1, -0.05) is 0 Å². The first kappa shape index (κ1) is 12.8. The Morgan fingerprint density at radius 1 is 1.11 bits per heavy atom. The zero-order valence-electron chi connectivity index (χ0n) is 10.8. The van der Waals surface area contributed by atoms with Gasteiger partial charge < -0.3 is 24.7 Å². The van der Waals surface area contributed by atoms with Gasteiger partial charge in [0.25, 0.3) is 0 Å². The molecule has 0 bridgehead atoms. The van der Waals surface area contributed by atoms with Gasteiger partial charge in [0.1, 0.15) is 6.10 Å². The normalized spacial score (nSPS) is 16.3. The number of benzene rings is 1. The number of hydrogen-bond acceptors (Lipinski definition) is 5. The SMILES string of the molecule is COc1cc(N)cc(OC)c1OC1CCOCC1. The number of methoxy groups -OCH3 is 2. The lowest BCUT2D eigenvalue weighted by molar-refractivity contribution is 0.0235. The second-order valence-electron chi connectivity index (χ2n) is 4.18. The van der Waals surface area contributed by atoms with Gasteiger partial charge in [-0.15, -0.1) is 0 Å². The third kappa shape index (κ3) is 2.79. The number of nitrogen functional groups attached to an aromatic ring is 1. The second-order valence-corrected chi connectivity index (χ2v) is 4.18. The van der Waals surface area contributed by atoms with Crippen molar-refractivity contribution in [3.63, 3.8) is 0 Å². The van der Waals surface area contributed by atoms with Crippen LogP contribution in [0.1, 0.15) is 12.8 Å². The molecule has 100 valence electrons. The average molecular weight is 253 g/mol. The summed E-state index contributed by atoms with van der Waals surface area (Å²) in [6.07, 6.45) is 1.87. The fourth-order valence-corrected chi connectivity index (χ4v) is 1.98. The summed E-state index contributed by atoms with van der Waals surface area (Å²) in [7, 11) is 3.18. The first-order chi connectivity index (χ1) is 8.74. The van der Waals surface area contributed by atoms with E-state index < -0.39 is 0 Å². The maximum absolute atomic E-state index is 5.97. The maximum Gasteiger partial charge on any atom is 0.203 e. The summed E-state index contributed by atoms with van der Waals surface area (Å²) >= 11 is 0. The van der Waals surface area contributed by atoms with Crippen LogP contribution in [0.2, 0.25) is 0 Å². The predicted octanol–water partition coefficient (Wildman–Crippen LogP) is 1.84. The molecule has 1 aromatic carbocycles. The molecule has 0 aromatic heterocycles. The van der Waals surface area contributed by atoms with E-state index in [9.17, 15) is 0 Å². The van der Waals surface area contributed by atoms with Gasteiger partial charge in [-0.05, 0) is 0 Å². The van der Waals surface area contributed by atoms with E-state index in [1.54, 1.807) is 26.4 Å². The van der Waals surface area contributed by atoms with Crippen molar-refractivity contribution < 1.29 is 18.9 Å². The molecule has 5 heteroatoms. The van der Waals surface area contributed by atoms with Crippen molar-refractivity contribution in [1.29, 1.82) is 0 Å². The van der Waals surface area contributed by atoms with Crippen molar-refractivity contribution in [2.24, 2.45) is 0 Å². The van der Waals surface area contributed by atoms with Crippen molar-refractivity contribution in [2.75, 3.05) is 33.2 Å². The van der Waals surface area contributed by atoms with Crippen LogP contribution < -0.4 is 19.9 Å². The molecule has 0 radical (unpaired) electrons. The summed E-state index contributed by atoms with van der Waals surface area (Å²) in [6.45, 7) is 1.45. The van der Waals surface area contributed by atoms with Gasteiger partial charge in [-0.25, -0.2) is 0 Å². The molecule has 2 N–H and O–H groups in total. The molecule has 0 aliphatic carbocycles. The highest BCUT2D eigenvalue weighted by molar-refractivity contribution is 5.60. The molecule has 0 unspecified atom stereocenters. The van der Waals surface area contributed by atoms with E-state index in [1.165, 1.54) is 0 Å². The molecule has 18 heavy (non-hydrogen) atoms.